The van der Waals surface area contributed by atoms with Crippen molar-refractivity contribution in [2.75, 3.05) is 10.6 Å². The van der Waals surface area contributed by atoms with Crippen LogP contribution in [0.15, 0.2) is 24.3 Å². The Morgan fingerprint density at radius 3 is 2.22 bits per heavy atom. The molecule has 0 atom stereocenters. The van der Waals surface area contributed by atoms with Crippen molar-refractivity contribution in [3.8, 4) is 6.07 Å². The Morgan fingerprint density at radius 2 is 1.72 bits per heavy atom. The second-order valence-electron chi connectivity index (χ2n) is 4.22. The van der Waals surface area contributed by atoms with Gasteiger partial charge in [0.1, 0.15) is 6.42 Å². The quantitative estimate of drug-likeness (QED) is 0.847. The second kappa shape index (κ2) is 5.32. The van der Waals surface area contributed by atoms with E-state index in [-0.39, 0.29) is 24.2 Å². The molecular formula is C13H13N3O2. The van der Waals surface area contributed by atoms with E-state index in [2.05, 4.69) is 10.6 Å². The number of amides is 2. The monoisotopic (exact) mass is 243 g/mol. The van der Waals surface area contributed by atoms with Crippen LogP contribution in [-0.4, -0.2) is 11.8 Å². The van der Waals surface area contributed by atoms with Crippen molar-refractivity contribution in [1.29, 1.82) is 5.26 Å². The summed E-state index contributed by atoms with van der Waals surface area (Å²) in [7, 11) is 0. The molecule has 0 unspecified atom stereocenters. The lowest BCUT2D eigenvalue weighted by atomic mass is 10.2. The molecule has 0 heterocycles. The number of rotatable bonds is 4. The van der Waals surface area contributed by atoms with Gasteiger partial charge >= 0.3 is 0 Å². The van der Waals surface area contributed by atoms with Crippen LogP contribution < -0.4 is 10.6 Å². The van der Waals surface area contributed by atoms with Gasteiger partial charge in [0.15, 0.2) is 0 Å². The fraction of sp³-hybridized carbons (Fsp3) is 0.308. The van der Waals surface area contributed by atoms with E-state index in [1.165, 1.54) is 0 Å². The number of hydrogen-bond donors (Lipinski definition) is 2. The highest BCUT2D eigenvalue weighted by Gasteiger charge is 2.29. The maximum absolute atomic E-state index is 11.5. The molecule has 1 aliphatic carbocycles. The van der Waals surface area contributed by atoms with Crippen molar-refractivity contribution >= 4 is 23.2 Å². The Morgan fingerprint density at radius 1 is 1.17 bits per heavy atom. The van der Waals surface area contributed by atoms with E-state index >= 15 is 0 Å². The van der Waals surface area contributed by atoms with Gasteiger partial charge in [0.25, 0.3) is 0 Å². The van der Waals surface area contributed by atoms with Crippen LogP contribution in [0.2, 0.25) is 0 Å². The van der Waals surface area contributed by atoms with Crippen LogP contribution in [0.4, 0.5) is 11.4 Å². The third-order valence-electron chi connectivity index (χ3n) is 2.62. The maximum Gasteiger partial charge on any atom is 0.238 e. The van der Waals surface area contributed by atoms with Gasteiger partial charge in [0.05, 0.1) is 6.07 Å². The van der Waals surface area contributed by atoms with Crippen molar-refractivity contribution in [2.24, 2.45) is 5.92 Å². The summed E-state index contributed by atoms with van der Waals surface area (Å²) in [5, 5.41) is 13.7. The molecule has 0 bridgehead atoms. The van der Waals surface area contributed by atoms with E-state index < -0.39 is 0 Å². The molecule has 2 amide bonds. The predicted octanol–water partition coefficient (Wildman–Crippen LogP) is 1.89. The smallest absolute Gasteiger partial charge is 0.238 e. The number of nitriles is 1. The molecule has 0 aliphatic heterocycles. The molecule has 1 aromatic carbocycles. The summed E-state index contributed by atoms with van der Waals surface area (Å²) in [6.45, 7) is 0. The molecule has 0 saturated heterocycles. The summed E-state index contributed by atoms with van der Waals surface area (Å²) >= 11 is 0. The third-order valence-corrected chi connectivity index (χ3v) is 2.62. The summed E-state index contributed by atoms with van der Waals surface area (Å²) in [6, 6.07) is 8.61. The molecule has 0 aromatic heterocycles. The van der Waals surface area contributed by atoms with Gasteiger partial charge < -0.3 is 10.6 Å². The minimum atomic E-state index is -0.340. The first kappa shape index (κ1) is 12.1. The Labute approximate surface area is 105 Å². The summed E-state index contributed by atoms with van der Waals surface area (Å²) in [6.07, 6.45) is 1.77. The molecule has 1 saturated carbocycles. The van der Waals surface area contributed by atoms with Crippen LogP contribution in [-0.2, 0) is 9.59 Å². The number of carbonyl (C=O) groups is 2. The Balaban J connectivity index is 1.90. The number of anilines is 2. The molecule has 0 radical (unpaired) electrons. The lowest BCUT2D eigenvalue weighted by Crippen LogP contribution is -2.13. The van der Waals surface area contributed by atoms with Gasteiger partial charge in [-0.05, 0) is 37.1 Å². The fourth-order valence-electron chi connectivity index (χ4n) is 1.50. The van der Waals surface area contributed by atoms with Gasteiger partial charge in [-0.2, -0.15) is 5.26 Å². The van der Waals surface area contributed by atoms with Crippen LogP contribution in [0, 0.1) is 17.2 Å². The Bertz CT molecular complexity index is 498. The molecule has 5 heteroatoms. The summed E-state index contributed by atoms with van der Waals surface area (Å²) in [5.41, 5.74) is 1.32. The van der Waals surface area contributed by atoms with Crippen LogP contribution >= 0.6 is 0 Å². The molecule has 2 rings (SSSR count). The summed E-state index contributed by atoms with van der Waals surface area (Å²) in [5.74, 6) is -0.122. The van der Waals surface area contributed by atoms with Gasteiger partial charge in [-0.1, -0.05) is 0 Å². The van der Waals surface area contributed by atoms with Gasteiger partial charge in [0, 0.05) is 17.3 Å². The minimum Gasteiger partial charge on any atom is -0.326 e. The zero-order chi connectivity index (χ0) is 13.0. The van der Waals surface area contributed by atoms with E-state index in [1.54, 1.807) is 30.3 Å². The largest absolute Gasteiger partial charge is 0.326 e. The maximum atomic E-state index is 11.5. The van der Waals surface area contributed by atoms with Gasteiger partial charge in [0.2, 0.25) is 11.8 Å². The van der Waals surface area contributed by atoms with Crippen LogP contribution in [0.1, 0.15) is 19.3 Å². The van der Waals surface area contributed by atoms with E-state index in [0.29, 0.717) is 11.4 Å². The van der Waals surface area contributed by atoms with E-state index in [1.807, 2.05) is 0 Å². The molecule has 5 nitrogen and oxygen atoms in total. The topological polar surface area (TPSA) is 82.0 Å². The van der Waals surface area contributed by atoms with E-state index in [9.17, 15) is 9.59 Å². The molecule has 1 aromatic rings. The Kier molecular flexibility index (Phi) is 3.58. The first-order valence-electron chi connectivity index (χ1n) is 5.77. The minimum absolute atomic E-state index is 0.0521. The molecular weight excluding hydrogens is 230 g/mol. The normalized spacial score (nSPS) is 13.5. The zero-order valence-electron chi connectivity index (χ0n) is 9.77. The van der Waals surface area contributed by atoms with Crippen LogP contribution in [0.3, 0.4) is 0 Å². The standard InChI is InChI=1S/C13H13N3O2/c14-8-7-12(17)15-10-3-5-11(6-4-10)16-13(18)9-1-2-9/h3-6,9H,1-2,7H2,(H,15,17)(H,16,18). The molecule has 0 spiro atoms. The highest BCUT2D eigenvalue weighted by Crippen LogP contribution is 2.30. The number of nitrogens with one attached hydrogen (secondary N) is 2. The van der Waals surface area contributed by atoms with Gasteiger partial charge in [-0.15, -0.1) is 0 Å². The van der Waals surface area contributed by atoms with Crippen molar-refractivity contribution < 1.29 is 9.59 Å². The summed E-state index contributed by atoms with van der Waals surface area (Å²) in [4.78, 5) is 22.7. The van der Waals surface area contributed by atoms with Crippen LogP contribution in [0.25, 0.3) is 0 Å². The zero-order valence-corrected chi connectivity index (χ0v) is 9.77. The molecule has 92 valence electrons. The molecule has 2 N–H and O–H groups in total. The number of nitrogens with zero attached hydrogens (tertiary/aromatic N) is 1. The van der Waals surface area contributed by atoms with Crippen molar-refractivity contribution in [1.82, 2.24) is 0 Å². The number of benzene rings is 1. The lowest BCUT2D eigenvalue weighted by Gasteiger charge is -2.06. The first-order chi connectivity index (χ1) is 8.69. The van der Waals surface area contributed by atoms with E-state index in [4.69, 9.17) is 5.26 Å². The predicted molar refractivity (Wildman–Crippen MR) is 66.7 cm³/mol. The van der Waals surface area contributed by atoms with Gasteiger partial charge in [-0.25, -0.2) is 0 Å². The van der Waals surface area contributed by atoms with Crippen molar-refractivity contribution in [3.05, 3.63) is 24.3 Å². The number of hydrogen-bond acceptors (Lipinski definition) is 3. The average molecular weight is 243 g/mol. The highest BCUT2D eigenvalue weighted by atomic mass is 16.2. The molecule has 1 aliphatic rings. The lowest BCUT2D eigenvalue weighted by molar-refractivity contribution is -0.117. The number of carbonyl (C=O) groups excluding carboxylic acids is 2. The SMILES string of the molecule is N#CCC(=O)Nc1ccc(NC(=O)C2CC2)cc1. The van der Waals surface area contributed by atoms with Crippen molar-refractivity contribution in [3.63, 3.8) is 0 Å². The molecule has 18 heavy (non-hydrogen) atoms. The third kappa shape index (κ3) is 3.32. The highest BCUT2D eigenvalue weighted by molar-refractivity contribution is 5.95. The van der Waals surface area contributed by atoms with Crippen LogP contribution in [0.5, 0.6) is 0 Å². The first-order valence-corrected chi connectivity index (χ1v) is 5.77. The van der Waals surface area contributed by atoms with E-state index in [0.717, 1.165) is 12.8 Å². The summed E-state index contributed by atoms with van der Waals surface area (Å²) < 4.78 is 0. The Hall–Kier alpha value is -2.35. The van der Waals surface area contributed by atoms with Gasteiger partial charge in [-0.3, -0.25) is 9.59 Å². The average Bonchev–Trinajstić information content (AvgIpc) is 3.16. The second-order valence-corrected chi connectivity index (χ2v) is 4.22. The molecule has 1 fully saturated rings. The fourth-order valence-corrected chi connectivity index (χ4v) is 1.50. The van der Waals surface area contributed by atoms with Crippen molar-refractivity contribution in [2.45, 2.75) is 19.3 Å².